The van der Waals surface area contributed by atoms with Crippen LogP contribution in [0.1, 0.15) is 15.2 Å². The molecule has 4 rings (SSSR count). The molecule has 1 heterocycles. The molecular weight excluding hydrogens is 465 g/mol. The Kier molecular flexibility index (Phi) is 8.68. The van der Waals surface area contributed by atoms with Crippen molar-refractivity contribution >= 4 is 33.1 Å². The summed E-state index contributed by atoms with van der Waals surface area (Å²) in [6, 6.07) is 17.7. The molecule has 7 nitrogen and oxygen atoms in total. The van der Waals surface area contributed by atoms with Gasteiger partial charge in [-0.15, -0.1) is 11.3 Å². The molecule has 3 aromatic carbocycles. The summed E-state index contributed by atoms with van der Waals surface area (Å²) >= 11 is 1.52. The van der Waals surface area contributed by atoms with E-state index in [1.807, 2.05) is 36.4 Å². The standard InChI is InChI=1S/C25H23NO6S.Na/c1-29-15-8-10-16(11-9-15)32-24-18-12-20(30-2)21(31-3)13-22(18)33-23(24)14-26-19-7-5-4-6-17(19)25(27)28;/h4-13,26H,14H2,1-3H3,(H,27,28);/q;+1/p-1. The molecule has 0 aliphatic carbocycles. The molecule has 0 atom stereocenters. The molecule has 0 unspecified atom stereocenters. The van der Waals surface area contributed by atoms with Gasteiger partial charge in [-0.2, -0.15) is 0 Å². The van der Waals surface area contributed by atoms with Crippen molar-refractivity contribution in [2.45, 2.75) is 6.54 Å². The third-order valence-corrected chi connectivity index (χ3v) is 6.22. The molecule has 0 aliphatic rings. The summed E-state index contributed by atoms with van der Waals surface area (Å²) in [5, 5.41) is 15.5. The van der Waals surface area contributed by atoms with Gasteiger partial charge < -0.3 is 34.2 Å². The summed E-state index contributed by atoms with van der Waals surface area (Å²) in [6.45, 7) is 0.347. The van der Waals surface area contributed by atoms with Crippen LogP contribution in [-0.4, -0.2) is 27.3 Å². The minimum atomic E-state index is -1.24. The quantitative estimate of drug-likeness (QED) is 0.360. The molecule has 0 radical (unpaired) electrons. The number of carbonyl (C=O) groups is 1. The summed E-state index contributed by atoms with van der Waals surface area (Å²) in [4.78, 5) is 12.3. The third-order valence-electron chi connectivity index (χ3n) is 5.08. The monoisotopic (exact) mass is 487 g/mol. The van der Waals surface area contributed by atoms with Gasteiger partial charge in [-0.25, -0.2) is 0 Å². The van der Waals surface area contributed by atoms with Gasteiger partial charge in [-0.3, -0.25) is 0 Å². The number of carboxylic acid groups (broad SMARTS) is 1. The number of anilines is 1. The molecule has 1 aromatic heterocycles. The van der Waals surface area contributed by atoms with E-state index in [4.69, 9.17) is 18.9 Å². The number of para-hydroxylation sites is 1. The van der Waals surface area contributed by atoms with E-state index in [2.05, 4.69) is 5.32 Å². The van der Waals surface area contributed by atoms with Crippen LogP contribution in [0, 0.1) is 0 Å². The van der Waals surface area contributed by atoms with Crippen molar-refractivity contribution in [2.24, 2.45) is 0 Å². The first-order chi connectivity index (χ1) is 16.0. The van der Waals surface area contributed by atoms with Crippen molar-refractivity contribution in [1.29, 1.82) is 0 Å². The smallest absolute Gasteiger partial charge is 0.545 e. The second-order valence-corrected chi connectivity index (χ2v) is 8.16. The van der Waals surface area contributed by atoms with Crippen molar-refractivity contribution in [3.63, 3.8) is 0 Å². The predicted octanol–water partition coefficient (Wildman–Crippen LogP) is 1.70. The molecule has 0 aliphatic heterocycles. The maximum absolute atomic E-state index is 11.5. The van der Waals surface area contributed by atoms with Gasteiger partial charge in [0.2, 0.25) is 0 Å². The molecule has 34 heavy (non-hydrogen) atoms. The second kappa shape index (κ2) is 11.5. The number of benzene rings is 3. The summed E-state index contributed by atoms with van der Waals surface area (Å²) in [7, 11) is 4.78. The Hall–Kier alpha value is -2.91. The van der Waals surface area contributed by atoms with Crippen LogP contribution < -0.4 is 58.9 Å². The van der Waals surface area contributed by atoms with Crippen LogP contribution in [0.5, 0.6) is 28.7 Å². The zero-order valence-corrected chi connectivity index (χ0v) is 22.2. The Labute approximate surface area is 223 Å². The van der Waals surface area contributed by atoms with E-state index in [9.17, 15) is 9.90 Å². The van der Waals surface area contributed by atoms with Crippen molar-refractivity contribution in [3.05, 3.63) is 71.1 Å². The van der Waals surface area contributed by atoms with Gasteiger partial charge in [0.15, 0.2) is 17.2 Å². The van der Waals surface area contributed by atoms with Crippen LogP contribution in [0.15, 0.2) is 60.7 Å². The molecule has 0 saturated heterocycles. The van der Waals surface area contributed by atoms with Crippen LogP contribution in [0.4, 0.5) is 5.69 Å². The van der Waals surface area contributed by atoms with Crippen LogP contribution in [0.2, 0.25) is 0 Å². The Morgan fingerprint density at radius 1 is 0.912 bits per heavy atom. The van der Waals surface area contributed by atoms with Gasteiger partial charge in [-0.05, 0) is 36.4 Å². The second-order valence-electron chi connectivity index (χ2n) is 7.02. The topological polar surface area (TPSA) is 89.1 Å². The SMILES string of the molecule is COc1ccc(Oc2c(CNc3ccccc3C(=O)[O-])sc3cc(OC)c(OC)cc23)cc1.[Na+]. The third kappa shape index (κ3) is 5.42. The number of aromatic carboxylic acids is 1. The average Bonchev–Trinajstić information content (AvgIpc) is 3.18. The average molecular weight is 488 g/mol. The minimum absolute atomic E-state index is 0. The number of ether oxygens (including phenoxy) is 4. The van der Waals surface area contributed by atoms with Crippen molar-refractivity contribution < 1.29 is 58.4 Å². The van der Waals surface area contributed by atoms with E-state index in [-0.39, 0.29) is 35.1 Å². The maximum Gasteiger partial charge on any atom is 1.00 e. The van der Waals surface area contributed by atoms with Crippen LogP contribution in [-0.2, 0) is 6.54 Å². The van der Waals surface area contributed by atoms with Crippen molar-refractivity contribution in [1.82, 2.24) is 0 Å². The van der Waals surface area contributed by atoms with E-state index in [0.717, 1.165) is 20.7 Å². The van der Waals surface area contributed by atoms with E-state index >= 15 is 0 Å². The number of hydrogen-bond donors (Lipinski definition) is 1. The number of fused-ring (bicyclic) bond motifs is 1. The Balaban J connectivity index is 0.00000324. The number of carboxylic acids is 1. The first kappa shape index (κ1) is 25.7. The van der Waals surface area contributed by atoms with Crippen molar-refractivity contribution in [2.75, 3.05) is 26.6 Å². The van der Waals surface area contributed by atoms with Gasteiger partial charge in [-0.1, -0.05) is 18.2 Å². The summed E-state index contributed by atoms with van der Waals surface area (Å²) < 4.78 is 23.4. The Bertz CT molecular complexity index is 1290. The van der Waals surface area contributed by atoms with Gasteiger partial charge in [0.1, 0.15) is 11.5 Å². The Morgan fingerprint density at radius 2 is 1.56 bits per heavy atom. The normalized spacial score (nSPS) is 10.3. The molecule has 1 N–H and O–H groups in total. The molecule has 0 saturated carbocycles. The van der Waals surface area contributed by atoms with E-state index in [1.54, 1.807) is 39.5 Å². The number of carbonyl (C=O) groups excluding carboxylic acids is 1. The maximum atomic E-state index is 11.5. The van der Waals surface area contributed by atoms with Gasteiger partial charge in [0.25, 0.3) is 0 Å². The van der Waals surface area contributed by atoms with Gasteiger partial charge in [0.05, 0.1) is 38.7 Å². The first-order valence-corrected chi connectivity index (χ1v) is 10.9. The van der Waals surface area contributed by atoms with E-state index < -0.39 is 5.97 Å². The predicted molar refractivity (Wildman–Crippen MR) is 126 cm³/mol. The van der Waals surface area contributed by atoms with Crippen LogP contribution >= 0.6 is 11.3 Å². The molecule has 0 fully saturated rings. The zero-order valence-electron chi connectivity index (χ0n) is 19.3. The molecule has 170 valence electrons. The van der Waals surface area contributed by atoms with Gasteiger partial charge in [0, 0.05) is 27.4 Å². The fraction of sp³-hybridized carbons (Fsp3) is 0.160. The molecule has 9 heteroatoms. The number of thiophene rings is 1. The summed E-state index contributed by atoms with van der Waals surface area (Å²) in [5.74, 6) is 1.98. The first-order valence-electron chi connectivity index (χ1n) is 10.1. The summed E-state index contributed by atoms with van der Waals surface area (Å²) in [5.41, 5.74) is 0.570. The number of hydrogen-bond acceptors (Lipinski definition) is 8. The van der Waals surface area contributed by atoms with Crippen molar-refractivity contribution in [3.8, 4) is 28.7 Å². The van der Waals surface area contributed by atoms with Crippen LogP contribution in [0.25, 0.3) is 10.1 Å². The van der Waals surface area contributed by atoms with E-state index in [0.29, 0.717) is 35.2 Å². The number of rotatable bonds is 9. The molecule has 0 spiro atoms. The molecular formula is C25H22NNaO6S. The zero-order chi connectivity index (χ0) is 23.4. The summed E-state index contributed by atoms with van der Waals surface area (Å²) in [6.07, 6.45) is 0. The van der Waals surface area contributed by atoms with E-state index in [1.165, 1.54) is 17.4 Å². The molecule has 0 bridgehead atoms. The Morgan fingerprint density at radius 3 is 2.21 bits per heavy atom. The minimum Gasteiger partial charge on any atom is -0.545 e. The number of nitrogens with one attached hydrogen (secondary N) is 1. The molecule has 4 aromatic rings. The fourth-order valence-electron chi connectivity index (χ4n) is 3.43. The fourth-order valence-corrected chi connectivity index (χ4v) is 4.51. The number of methoxy groups -OCH3 is 3. The van der Waals surface area contributed by atoms with Gasteiger partial charge >= 0.3 is 29.6 Å². The largest absolute Gasteiger partial charge is 1.00 e. The van der Waals surface area contributed by atoms with Crippen LogP contribution in [0.3, 0.4) is 0 Å². The molecule has 0 amide bonds.